The van der Waals surface area contributed by atoms with Crippen LogP contribution < -0.4 is 0 Å². The highest BCUT2D eigenvalue weighted by Gasteiger charge is 2.94. The van der Waals surface area contributed by atoms with E-state index in [0.717, 1.165) is 0 Å². The number of rotatable bonds is 8. The Morgan fingerprint density at radius 2 is 1.47 bits per heavy atom. The molecule has 3 saturated carbocycles. The molecule has 10 rings (SSSR count). The van der Waals surface area contributed by atoms with Crippen molar-refractivity contribution in [1.82, 2.24) is 0 Å². The lowest BCUT2D eigenvalue weighted by Crippen LogP contribution is -2.89. The molecule has 0 amide bonds. The minimum Gasteiger partial charge on any atom is -0.465 e. The predicted octanol–water partition coefficient (Wildman–Crippen LogP) is 4.07. The number of aliphatic hydroxyl groups excluding tert-OH is 3. The maximum absolute atomic E-state index is 14.1. The summed E-state index contributed by atoms with van der Waals surface area (Å²) in [6, 6.07) is 17.0. The number of hydrogen-bond donors (Lipinski definition) is 4. The van der Waals surface area contributed by atoms with Crippen LogP contribution in [0.4, 0.5) is 0 Å². The Morgan fingerprint density at radius 3 is 2.07 bits per heavy atom. The van der Waals surface area contributed by atoms with Crippen molar-refractivity contribution < 1.29 is 68.0 Å². The first-order chi connectivity index (χ1) is 28.6. The van der Waals surface area contributed by atoms with Crippen molar-refractivity contribution in [3.8, 4) is 0 Å². The van der Waals surface area contributed by atoms with Crippen molar-refractivity contribution >= 4 is 17.9 Å². The average molecular weight is 833 g/mol. The number of hydrogen-bond acceptors (Lipinski definition) is 14. The largest absolute Gasteiger partial charge is 0.465 e. The van der Waals surface area contributed by atoms with E-state index in [4.69, 9.17) is 33.2 Å². The molecule has 5 saturated heterocycles. The predicted molar refractivity (Wildman–Crippen MR) is 209 cm³/mol. The van der Waals surface area contributed by atoms with Crippen LogP contribution in [0.5, 0.6) is 0 Å². The summed E-state index contributed by atoms with van der Waals surface area (Å²) in [6.45, 7) is 10.4. The van der Waals surface area contributed by atoms with Gasteiger partial charge in [0.15, 0.2) is 5.79 Å². The van der Waals surface area contributed by atoms with Crippen LogP contribution in [0, 0.1) is 41.4 Å². The fourth-order valence-corrected chi connectivity index (χ4v) is 12.8. The monoisotopic (exact) mass is 832 g/mol. The van der Waals surface area contributed by atoms with Crippen molar-refractivity contribution in [2.24, 2.45) is 41.4 Å². The van der Waals surface area contributed by atoms with Crippen molar-refractivity contribution in [3.63, 3.8) is 0 Å². The lowest BCUT2D eigenvalue weighted by Gasteiger charge is -2.76. The van der Waals surface area contributed by atoms with E-state index in [1.807, 2.05) is 26.8 Å². The fourth-order valence-electron chi connectivity index (χ4n) is 12.8. The Morgan fingerprint density at radius 1 is 0.850 bits per heavy atom. The van der Waals surface area contributed by atoms with Crippen molar-refractivity contribution in [3.05, 3.63) is 83.9 Å². The van der Waals surface area contributed by atoms with Crippen LogP contribution >= 0.6 is 0 Å². The van der Waals surface area contributed by atoms with Crippen LogP contribution in [0.2, 0.25) is 0 Å². The SMILES string of the molecule is C=C(C)[C@@H]1C[C@@H](COC(C)=O)[C@@]23OC45OC1(O4)[C@@H]2[C@@H]1O[C@]1(CO)[C@@H](O)[C@@]1(O)[C@H]3[C@H]([C@H](C)[C@@H]1OC(=O)c1ccccc1)[C@H](C)C[C@@H](OC(=O)c1ccccc1)CCCC[C@H]5O. The third kappa shape index (κ3) is 5.85. The molecule has 8 aliphatic rings. The molecule has 3 bridgehead atoms. The molecule has 5 aliphatic heterocycles. The second-order valence-corrected chi connectivity index (χ2v) is 18.6. The van der Waals surface area contributed by atoms with Crippen LogP contribution in [0.1, 0.15) is 86.9 Å². The first-order valence-corrected chi connectivity index (χ1v) is 21.4. The van der Waals surface area contributed by atoms with Gasteiger partial charge in [-0.2, -0.15) is 0 Å². The number of aliphatic hydroxyl groups is 4. The molecule has 0 unspecified atom stereocenters. The molecule has 3 spiro atoms. The summed E-state index contributed by atoms with van der Waals surface area (Å²) in [7, 11) is 0. The molecule has 2 aromatic rings. The molecule has 8 fully saturated rings. The maximum Gasteiger partial charge on any atom is 0.338 e. The third-order valence-electron chi connectivity index (χ3n) is 15.2. The molecule has 3 aliphatic carbocycles. The number of epoxide rings is 1. The lowest BCUT2D eigenvalue weighted by atomic mass is 9.50. The zero-order valence-electron chi connectivity index (χ0n) is 34.4. The van der Waals surface area contributed by atoms with Gasteiger partial charge in [-0.05, 0) is 81.0 Å². The van der Waals surface area contributed by atoms with Crippen LogP contribution in [0.3, 0.4) is 0 Å². The highest BCUT2D eigenvalue weighted by atomic mass is 17.0. The molecule has 2 aromatic carbocycles. The highest BCUT2D eigenvalue weighted by molar-refractivity contribution is 5.90. The number of esters is 3. The summed E-state index contributed by atoms with van der Waals surface area (Å²) >= 11 is 0. The van der Waals surface area contributed by atoms with Gasteiger partial charge in [0.05, 0.1) is 35.9 Å². The van der Waals surface area contributed by atoms with Gasteiger partial charge < -0.3 is 44.1 Å². The zero-order chi connectivity index (χ0) is 42.6. The molecule has 14 heteroatoms. The molecule has 4 N–H and O–H groups in total. The summed E-state index contributed by atoms with van der Waals surface area (Å²) < 4.78 is 46.0. The van der Waals surface area contributed by atoms with E-state index in [0.29, 0.717) is 36.8 Å². The van der Waals surface area contributed by atoms with Gasteiger partial charge in [0.2, 0.25) is 0 Å². The lowest BCUT2D eigenvalue weighted by molar-refractivity contribution is -0.689. The van der Waals surface area contributed by atoms with Gasteiger partial charge in [-0.1, -0.05) is 68.8 Å². The average Bonchev–Trinajstić information content (AvgIpc) is 3.91. The molecular weight excluding hydrogens is 776 g/mol. The van der Waals surface area contributed by atoms with E-state index in [2.05, 4.69) is 6.58 Å². The quantitative estimate of drug-likeness (QED) is 0.128. The normalized spacial score (nSPS) is 46.1. The van der Waals surface area contributed by atoms with E-state index >= 15 is 0 Å². The van der Waals surface area contributed by atoms with E-state index in [9.17, 15) is 34.8 Å². The summed E-state index contributed by atoms with van der Waals surface area (Å²) in [5.74, 6) is -10.7. The number of fused-ring (bicyclic) bond motifs is 1. The molecule has 0 aromatic heterocycles. The smallest absolute Gasteiger partial charge is 0.338 e. The number of benzene rings is 2. The Hall–Kier alpha value is -3.73. The summed E-state index contributed by atoms with van der Waals surface area (Å²) in [5, 5.41) is 50.3. The molecule has 60 heavy (non-hydrogen) atoms. The molecule has 0 radical (unpaired) electrons. The van der Waals surface area contributed by atoms with Gasteiger partial charge in [-0.3, -0.25) is 14.3 Å². The Labute approximate surface area is 349 Å². The first kappa shape index (κ1) is 41.6. The fraction of sp³-hybridized carbons (Fsp3) is 0.630. The van der Waals surface area contributed by atoms with E-state index in [-0.39, 0.29) is 25.0 Å². The van der Waals surface area contributed by atoms with Gasteiger partial charge in [-0.25, -0.2) is 9.59 Å². The van der Waals surface area contributed by atoms with Crippen LogP contribution in [0.25, 0.3) is 0 Å². The summed E-state index contributed by atoms with van der Waals surface area (Å²) in [4.78, 5) is 40.4. The van der Waals surface area contributed by atoms with Crippen LogP contribution in [-0.4, -0.2) is 111 Å². The minimum atomic E-state index is -2.40. The van der Waals surface area contributed by atoms with Gasteiger partial charge in [-0.15, -0.1) is 0 Å². The van der Waals surface area contributed by atoms with Crippen molar-refractivity contribution in [1.29, 1.82) is 0 Å². The Kier molecular flexibility index (Phi) is 10.2. The van der Waals surface area contributed by atoms with Gasteiger partial charge in [0.25, 0.3) is 0 Å². The van der Waals surface area contributed by atoms with E-state index in [1.54, 1.807) is 54.6 Å². The Balaban J connectivity index is 1.26. The first-order valence-electron chi connectivity index (χ1n) is 21.4. The summed E-state index contributed by atoms with van der Waals surface area (Å²) in [6.07, 6.45) is -4.09. The molecule has 15 atom stereocenters. The topological polar surface area (TPSA) is 200 Å². The molecule has 14 nitrogen and oxygen atoms in total. The van der Waals surface area contributed by atoms with E-state index in [1.165, 1.54) is 6.92 Å². The minimum absolute atomic E-state index is 0.160. The van der Waals surface area contributed by atoms with Gasteiger partial charge in [0, 0.05) is 24.7 Å². The van der Waals surface area contributed by atoms with E-state index < -0.39 is 125 Å². The van der Waals surface area contributed by atoms with Crippen molar-refractivity contribution in [2.75, 3.05) is 13.2 Å². The summed E-state index contributed by atoms with van der Waals surface area (Å²) in [5.41, 5.74) is -4.58. The van der Waals surface area contributed by atoms with Crippen LogP contribution in [0.15, 0.2) is 72.8 Å². The standard InChI is InChI=1S/C46H56O14/c1-24(2)32-21-30(22-54-27(5)48)44-35-34-25(3)20-31(55-39(50)28-14-8-6-9-15-28)18-12-13-19-33(49)46(58-44)59-45(32,60-46)36(44)38-42(23-47,57-38)41(52)43(35,53)37(26(34)4)56-40(51)29-16-10-7-11-17-29/h6-11,14-17,25-26,30-38,41,47,49,52-53H,1,12-13,18-23H2,2-5H3/t25-,26+,30+,31+,32+,33-,34+,35-,36-,37+,38+,41-,42+,43-,44+,45?,46?/m1/s1. The molecular formula is C46H56O14. The highest BCUT2D eigenvalue weighted by Crippen LogP contribution is 2.78. The Bertz CT molecular complexity index is 2000. The second kappa shape index (κ2) is 14.7. The van der Waals surface area contributed by atoms with Gasteiger partial charge >= 0.3 is 23.9 Å². The second-order valence-electron chi connectivity index (χ2n) is 18.6. The number of carbonyl (C=O) groups excluding carboxylic acids is 3. The number of carbonyl (C=O) groups is 3. The van der Waals surface area contributed by atoms with Crippen LogP contribution in [-0.2, 0) is 38.0 Å². The van der Waals surface area contributed by atoms with Gasteiger partial charge in [0.1, 0.15) is 41.7 Å². The zero-order valence-corrected chi connectivity index (χ0v) is 34.4. The maximum atomic E-state index is 14.1. The molecule has 324 valence electrons. The van der Waals surface area contributed by atoms with Crippen molar-refractivity contribution in [2.45, 2.75) is 125 Å². The number of ether oxygens (including phenoxy) is 7. The third-order valence-corrected chi connectivity index (χ3v) is 15.2. The molecule has 5 heterocycles.